The maximum atomic E-state index is 12.1. The number of halogens is 2. The van der Waals surface area contributed by atoms with Crippen molar-refractivity contribution in [3.8, 4) is 11.5 Å². The standard InChI is InChI=1S/C19H18Cl2N4O3S/c1-10(9-26)23-17(22)16-18(27)25-29-19(16)24-12-3-5-13(6-4-12)28-15-8-11(20)2-7-14(15)21/h2-8,10,24,26H,9H2,1H3,(H2,22,23)(H,25,27)/t10-/m1/s1. The lowest BCUT2D eigenvalue weighted by Crippen LogP contribution is -2.24. The largest absolute Gasteiger partial charge is 0.456 e. The Balaban J connectivity index is 1.78. The van der Waals surface area contributed by atoms with E-state index in [2.05, 4.69) is 14.7 Å². The number of H-pyrrole nitrogens is 1. The van der Waals surface area contributed by atoms with Crippen LogP contribution in [-0.4, -0.2) is 28.0 Å². The van der Waals surface area contributed by atoms with E-state index in [9.17, 15) is 4.79 Å². The predicted molar refractivity (Wildman–Crippen MR) is 118 cm³/mol. The molecule has 152 valence electrons. The minimum absolute atomic E-state index is 0.0621. The van der Waals surface area contributed by atoms with Crippen LogP contribution in [0, 0.1) is 0 Å². The first-order valence-corrected chi connectivity index (χ1v) is 10.1. The average molecular weight is 453 g/mol. The number of hydrogen-bond acceptors (Lipinski definition) is 6. The van der Waals surface area contributed by atoms with Crippen molar-refractivity contribution in [3.05, 3.63) is 68.4 Å². The van der Waals surface area contributed by atoms with Crippen LogP contribution in [0.25, 0.3) is 0 Å². The summed E-state index contributed by atoms with van der Waals surface area (Å²) in [5, 5.41) is 13.8. The van der Waals surface area contributed by atoms with Crippen molar-refractivity contribution in [2.24, 2.45) is 10.7 Å². The zero-order valence-corrected chi connectivity index (χ0v) is 17.6. The van der Waals surface area contributed by atoms with E-state index in [1.165, 1.54) is 0 Å². The van der Waals surface area contributed by atoms with E-state index in [0.29, 0.717) is 32.2 Å². The summed E-state index contributed by atoms with van der Waals surface area (Å²) >= 11 is 13.2. The van der Waals surface area contributed by atoms with E-state index in [0.717, 1.165) is 11.5 Å². The Kier molecular flexibility index (Phi) is 6.81. The smallest absolute Gasteiger partial charge is 0.271 e. The Morgan fingerprint density at radius 1 is 1.31 bits per heavy atom. The Labute approximate surface area is 180 Å². The van der Waals surface area contributed by atoms with E-state index in [1.54, 1.807) is 49.4 Å². The van der Waals surface area contributed by atoms with E-state index in [4.69, 9.17) is 38.8 Å². The predicted octanol–water partition coefficient (Wildman–Crippen LogP) is 4.37. The van der Waals surface area contributed by atoms with Crippen molar-refractivity contribution >= 4 is 51.3 Å². The maximum absolute atomic E-state index is 12.1. The summed E-state index contributed by atoms with van der Waals surface area (Å²) in [4.78, 5) is 16.2. The van der Waals surface area contributed by atoms with Crippen LogP contribution < -0.4 is 21.3 Å². The van der Waals surface area contributed by atoms with Crippen LogP contribution in [0.4, 0.5) is 10.7 Å². The van der Waals surface area contributed by atoms with Gasteiger partial charge in [0.2, 0.25) is 0 Å². The Morgan fingerprint density at radius 2 is 2.03 bits per heavy atom. The normalized spacial score (nSPS) is 12.6. The second-order valence-electron chi connectivity index (χ2n) is 6.11. The van der Waals surface area contributed by atoms with Crippen LogP contribution in [0.5, 0.6) is 11.5 Å². The topological polar surface area (TPSA) is 113 Å². The molecule has 1 atom stereocenters. The summed E-state index contributed by atoms with van der Waals surface area (Å²) in [6.45, 7) is 1.54. The highest BCUT2D eigenvalue weighted by Crippen LogP contribution is 2.32. The van der Waals surface area contributed by atoms with Gasteiger partial charge >= 0.3 is 0 Å². The highest BCUT2D eigenvalue weighted by Gasteiger charge is 2.16. The molecule has 0 aliphatic rings. The molecule has 29 heavy (non-hydrogen) atoms. The fourth-order valence-electron chi connectivity index (χ4n) is 2.39. The van der Waals surface area contributed by atoms with Gasteiger partial charge in [-0.1, -0.05) is 23.2 Å². The van der Waals surface area contributed by atoms with Gasteiger partial charge in [-0.3, -0.25) is 14.2 Å². The van der Waals surface area contributed by atoms with E-state index in [1.807, 2.05) is 0 Å². The van der Waals surface area contributed by atoms with Crippen molar-refractivity contribution in [1.29, 1.82) is 0 Å². The van der Waals surface area contributed by atoms with Gasteiger partial charge in [0.05, 0.1) is 17.7 Å². The lowest BCUT2D eigenvalue weighted by Gasteiger charge is -2.10. The molecule has 3 aromatic rings. The van der Waals surface area contributed by atoms with Crippen LogP contribution in [0.15, 0.2) is 52.3 Å². The van der Waals surface area contributed by atoms with Crippen molar-refractivity contribution in [3.63, 3.8) is 0 Å². The summed E-state index contributed by atoms with van der Waals surface area (Å²) in [7, 11) is 0. The molecule has 0 saturated carbocycles. The molecule has 0 aliphatic heterocycles. The lowest BCUT2D eigenvalue weighted by molar-refractivity contribution is 0.274. The highest BCUT2D eigenvalue weighted by atomic mass is 35.5. The Bertz CT molecular complexity index is 1080. The molecule has 0 bridgehead atoms. The van der Waals surface area contributed by atoms with Crippen molar-refractivity contribution in [2.45, 2.75) is 13.0 Å². The molecule has 10 heteroatoms. The number of rotatable bonds is 7. The first kappa shape index (κ1) is 21.2. The number of benzene rings is 2. The van der Waals surface area contributed by atoms with Crippen LogP contribution in [0.1, 0.15) is 12.5 Å². The average Bonchev–Trinajstić information content (AvgIpc) is 3.06. The van der Waals surface area contributed by atoms with Gasteiger partial charge in [0.25, 0.3) is 5.56 Å². The monoisotopic (exact) mass is 452 g/mol. The molecule has 2 aromatic carbocycles. The van der Waals surface area contributed by atoms with Crippen molar-refractivity contribution < 1.29 is 9.84 Å². The van der Waals surface area contributed by atoms with Gasteiger partial charge in [-0.15, -0.1) is 0 Å². The minimum atomic E-state index is -0.406. The fourth-order valence-corrected chi connectivity index (χ4v) is 3.47. The molecular weight excluding hydrogens is 435 g/mol. The number of anilines is 2. The zero-order valence-electron chi connectivity index (χ0n) is 15.3. The van der Waals surface area contributed by atoms with Crippen LogP contribution >= 0.6 is 34.7 Å². The molecule has 1 heterocycles. The van der Waals surface area contributed by atoms with Crippen molar-refractivity contribution in [1.82, 2.24) is 4.37 Å². The third-order valence-electron chi connectivity index (χ3n) is 3.81. The summed E-state index contributed by atoms with van der Waals surface area (Å²) in [6.07, 6.45) is 0. The number of aliphatic hydroxyl groups is 1. The number of ether oxygens (including phenoxy) is 1. The molecule has 1 aromatic heterocycles. The quantitative estimate of drug-likeness (QED) is 0.314. The number of aromatic nitrogens is 1. The first-order valence-electron chi connectivity index (χ1n) is 8.53. The molecular formula is C19H18Cl2N4O3S. The summed E-state index contributed by atoms with van der Waals surface area (Å²) < 4.78 is 8.39. The molecule has 0 amide bonds. The van der Waals surface area contributed by atoms with E-state index in [-0.39, 0.29) is 23.6 Å². The molecule has 0 radical (unpaired) electrons. The number of nitrogens with two attached hydrogens (primary N) is 1. The van der Waals surface area contributed by atoms with Gasteiger partial charge < -0.3 is 20.9 Å². The molecule has 5 N–H and O–H groups in total. The number of hydrogen-bond donors (Lipinski definition) is 4. The van der Waals surface area contributed by atoms with E-state index < -0.39 is 6.04 Å². The fraction of sp³-hybridized carbons (Fsp3) is 0.158. The number of aliphatic hydroxyl groups excluding tert-OH is 1. The third kappa shape index (κ3) is 5.30. The summed E-state index contributed by atoms with van der Waals surface area (Å²) in [5.41, 5.74) is 6.56. The third-order valence-corrected chi connectivity index (χ3v) is 5.16. The number of aromatic amines is 1. The number of nitrogens with one attached hydrogen (secondary N) is 2. The van der Waals surface area contributed by atoms with Crippen LogP contribution in [0.3, 0.4) is 0 Å². The number of aliphatic imine (C=N–C) groups is 1. The number of nitrogens with zero attached hydrogens (tertiary/aromatic N) is 1. The summed E-state index contributed by atoms with van der Waals surface area (Å²) in [6, 6.07) is 11.6. The van der Waals surface area contributed by atoms with E-state index >= 15 is 0 Å². The molecule has 0 unspecified atom stereocenters. The molecule has 0 aliphatic carbocycles. The van der Waals surface area contributed by atoms with Gasteiger partial charge in [-0.2, -0.15) is 0 Å². The Hall–Kier alpha value is -2.52. The molecule has 7 nitrogen and oxygen atoms in total. The second kappa shape index (κ2) is 9.32. The maximum Gasteiger partial charge on any atom is 0.271 e. The zero-order chi connectivity index (χ0) is 21.0. The van der Waals surface area contributed by atoms with Crippen LogP contribution in [0.2, 0.25) is 10.0 Å². The molecule has 0 spiro atoms. The van der Waals surface area contributed by atoms with Gasteiger partial charge in [0.1, 0.15) is 27.9 Å². The minimum Gasteiger partial charge on any atom is -0.456 e. The SMILES string of the molecule is C[C@H](CO)N=C(N)c1c(Nc2ccc(Oc3cc(Cl)ccc3Cl)cc2)s[nH]c1=O. The van der Waals surface area contributed by atoms with Gasteiger partial charge in [0.15, 0.2) is 0 Å². The van der Waals surface area contributed by atoms with Gasteiger partial charge in [-0.05, 0) is 54.9 Å². The second-order valence-corrected chi connectivity index (χ2v) is 7.77. The lowest BCUT2D eigenvalue weighted by atomic mass is 10.2. The first-order chi connectivity index (χ1) is 13.9. The van der Waals surface area contributed by atoms with Crippen molar-refractivity contribution in [2.75, 3.05) is 11.9 Å². The molecule has 0 fully saturated rings. The molecule has 3 rings (SSSR count). The highest BCUT2D eigenvalue weighted by molar-refractivity contribution is 7.10. The van der Waals surface area contributed by atoms with Gasteiger partial charge in [-0.25, -0.2) is 0 Å². The van der Waals surface area contributed by atoms with Crippen LogP contribution in [-0.2, 0) is 0 Å². The summed E-state index contributed by atoms with van der Waals surface area (Å²) in [5.74, 6) is 1.08. The Morgan fingerprint density at radius 3 is 2.72 bits per heavy atom. The van der Waals surface area contributed by atoms with Gasteiger partial charge in [0, 0.05) is 16.8 Å². The number of amidine groups is 1. The molecule has 0 saturated heterocycles.